The molecule has 0 radical (unpaired) electrons. The molecule has 0 amide bonds. The predicted octanol–water partition coefficient (Wildman–Crippen LogP) is 5.19. The van der Waals surface area contributed by atoms with Crippen molar-refractivity contribution in [3.05, 3.63) is 71.8 Å². The van der Waals surface area contributed by atoms with E-state index in [1.807, 2.05) is 18.2 Å². The number of rotatable bonds is 3. The molecule has 0 spiro atoms. The van der Waals surface area contributed by atoms with Gasteiger partial charge in [-0.25, -0.2) is 14.4 Å². The average Bonchev–Trinajstić information content (AvgIpc) is 2.67. The molecule has 4 nitrogen and oxygen atoms in total. The van der Waals surface area contributed by atoms with Gasteiger partial charge in [0.25, 0.3) is 0 Å². The summed E-state index contributed by atoms with van der Waals surface area (Å²) in [6.07, 6.45) is 3.36. The van der Waals surface area contributed by atoms with E-state index in [1.54, 1.807) is 43.7 Å². The van der Waals surface area contributed by atoms with Gasteiger partial charge in [0, 0.05) is 47.0 Å². The molecular weight excluding hydrogens is 351 g/mol. The fourth-order valence-corrected chi connectivity index (χ4v) is 3.03. The van der Waals surface area contributed by atoms with E-state index >= 15 is 0 Å². The lowest BCUT2D eigenvalue weighted by Crippen LogP contribution is -2.00. The summed E-state index contributed by atoms with van der Waals surface area (Å²) >= 11 is 6.05. The van der Waals surface area contributed by atoms with E-state index < -0.39 is 0 Å². The highest BCUT2D eigenvalue weighted by Gasteiger charge is 2.14. The minimum absolute atomic E-state index is 0.363. The molecule has 0 aliphatic heterocycles. The maximum atomic E-state index is 14.8. The van der Waals surface area contributed by atoms with E-state index in [2.05, 4.69) is 20.3 Å². The molecule has 2 aromatic heterocycles. The quantitative estimate of drug-likeness (QED) is 0.543. The third kappa shape index (κ3) is 2.97. The smallest absolute Gasteiger partial charge is 0.163 e. The molecule has 0 fully saturated rings. The summed E-state index contributed by atoms with van der Waals surface area (Å²) < 4.78 is 14.8. The highest BCUT2D eigenvalue weighted by atomic mass is 35.5. The summed E-state index contributed by atoms with van der Waals surface area (Å²) in [6.45, 7) is 0. The van der Waals surface area contributed by atoms with E-state index in [1.165, 1.54) is 6.07 Å². The largest absolute Gasteiger partial charge is 0.373 e. The zero-order valence-electron chi connectivity index (χ0n) is 13.9. The predicted molar refractivity (Wildman–Crippen MR) is 103 cm³/mol. The van der Waals surface area contributed by atoms with Gasteiger partial charge in [-0.3, -0.25) is 4.98 Å². The molecule has 0 aliphatic rings. The molecule has 2 aromatic carbocycles. The topological polar surface area (TPSA) is 50.7 Å². The van der Waals surface area contributed by atoms with Crippen LogP contribution < -0.4 is 5.32 Å². The fourth-order valence-electron chi connectivity index (χ4n) is 2.84. The first-order chi connectivity index (χ1) is 12.7. The first-order valence-electron chi connectivity index (χ1n) is 8.01. The Morgan fingerprint density at radius 3 is 2.58 bits per heavy atom. The molecule has 0 saturated carbocycles. The van der Waals surface area contributed by atoms with Crippen molar-refractivity contribution in [1.29, 1.82) is 0 Å². The Morgan fingerprint density at radius 1 is 1.00 bits per heavy atom. The maximum Gasteiger partial charge on any atom is 0.163 e. The van der Waals surface area contributed by atoms with Gasteiger partial charge in [0.2, 0.25) is 0 Å². The minimum atomic E-state index is -0.363. The van der Waals surface area contributed by atoms with Gasteiger partial charge >= 0.3 is 0 Å². The molecule has 6 heteroatoms. The molecule has 128 valence electrons. The van der Waals surface area contributed by atoms with Gasteiger partial charge in [-0.2, -0.15) is 0 Å². The maximum absolute atomic E-state index is 14.8. The van der Waals surface area contributed by atoms with E-state index in [9.17, 15) is 4.39 Å². The molecule has 0 atom stereocenters. The minimum Gasteiger partial charge on any atom is -0.373 e. The monoisotopic (exact) mass is 364 g/mol. The van der Waals surface area contributed by atoms with Crippen LogP contribution in [0.15, 0.2) is 60.9 Å². The SMILES string of the molecule is CNc1nc(-c2cccnc2)nc2cc(F)c(-c3cccc(Cl)c3)cc12. The highest BCUT2D eigenvalue weighted by Crippen LogP contribution is 2.32. The van der Waals surface area contributed by atoms with Crippen LogP contribution in [-0.4, -0.2) is 22.0 Å². The van der Waals surface area contributed by atoms with Crippen molar-refractivity contribution in [2.45, 2.75) is 0 Å². The normalized spacial score (nSPS) is 10.9. The number of benzene rings is 2. The Labute approximate surface area is 154 Å². The van der Waals surface area contributed by atoms with Crippen LogP contribution in [0.2, 0.25) is 5.02 Å². The first-order valence-corrected chi connectivity index (χ1v) is 8.39. The van der Waals surface area contributed by atoms with Crippen molar-refractivity contribution >= 4 is 28.3 Å². The summed E-state index contributed by atoms with van der Waals surface area (Å²) in [4.78, 5) is 13.2. The number of anilines is 1. The van der Waals surface area contributed by atoms with Crippen molar-refractivity contribution in [3.63, 3.8) is 0 Å². The van der Waals surface area contributed by atoms with Crippen LogP contribution in [0.3, 0.4) is 0 Å². The van der Waals surface area contributed by atoms with Crippen LogP contribution in [-0.2, 0) is 0 Å². The zero-order chi connectivity index (χ0) is 18.1. The number of pyridine rings is 1. The summed E-state index contributed by atoms with van der Waals surface area (Å²) in [7, 11) is 1.78. The van der Waals surface area contributed by atoms with Crippen LogP contribution in [0.4, 0.5) is 10.2 Å². The number of hydrogen-bond acceptors (Lipinski definition) is 4. The van der Waals surface area contributed by atoms with Crippen LogP contribution in [0.25, 0.3) is 33.4 Å². The van der Waals surface area contributed by atoms with Gasteiger partial charge in [0.15, 0.2) is 5.82 Å². The number of fused-ring (bicyclic) bond motifs is 1. The van der Waals surface area contributed by atoms with Gasteiger partial charge in [-0.15, -0.1) is 0 Å². The summed E-state index contributed by atoms with van der Waals surface area (Å²) in [5.74, 6) is 0.750. The standard InChI is InChI=1S/C20H14ClFN4/c1-23-20-16-9-15(12-4-2-6-14(21)8-12)17(22)10-18(16)25-19(26-20)13-5-3-7-24-11-13/h2-11H,1H3,(H,23,25,26). The lowest BCUT2D eigenvalue weighted by Gasteiger charge is -2.11. The Hall–Kier alpha value is -3.05. The lowest BCUT2D eigenvalue weighted by atomic mass is 10.0. The molecule has 4 aromatic rings. The molecule has 2 heterocycles. The van der Waals surface area contributed by atoms with Crippen molar-refractivity contribution in [2.24, 2.45) is 0 Å². The van der Waals surface area contributed by atoms with Gasteiger partial charge in [0.1, 0.15) is 11.6 Å². The van der Waals surface area contributed by atoms with Gasteiger partial charge < -0.3 is 5.32 Å². The lowest BCUT2D eigenvalue weighted by molar-refractivity contribution is 0.633. The molecule has 0 bridgehead atoms. The summed E-state index contributed by atoms with van der Waals surface area (Å²) in [5.41, 5.74) is 2.45. The average molecular weight is 365 g/mol. The number of nitrogens with one attached hydrogen (secondary N) is 1. The molecule has 4 rings (SSSR count). The second-order valence-corrected chi connectivity index (χ2v) is 6.18. The fraction of sp³-hybridized carbons (Fsp3) is 0.0500. The first kappa shape index (κ1) is 16.4. The summed E-state index contributed by atoms with van der Waals surface area (Å²) in [6, 6.07) is 13.9. The van der Waals surface area contributed by atoms with Crippen LogP contribution >= 0.6 is 11.6 Å². The van der Waals surface area contributed by atoms with Crippen LogP contribution in [0.5, 0.6) is 0 Å². The number of hydrogen-bond donors (Lipinski definition) is 1. The number of nitrogens with zero attached hydrogens (tertiary/aromatic N) is 3. The van der Waals surface area contributed by atoms with E-state index in [0.29, 0.717) is 33.3 Å². The van der Waals surface area contributed by atoms with E-state index in [4.69, 9.17) is 11.6 Å². The second kappa shape index (κ2) is 6.69. The van der Waals surface area contributed by atoms with Gasteiger partial charge in [0.05, 0.1) is 5.52 Å². The molecule has 0 saturated heterocycles. The van der Waals surface area contributed by atoms with Crippen LogP contribution in [0, 0.1) is 5.82 Å². The molecular formula is C20H14ClFN4. The van der Waals surface area contributed by atoms with Crippen LogP contribution in [0.1, 0.15) is 0 Å². The van der Waals surface area contributed by atoms with E-state index in [0.717, 1.165) is 10.9 Å². The number of aromatic nitrogens is 3. The molecule has 1 N–H and O–H groups in total. The van der Waals surface area contributed by atoms with Gasteiger partial charge in [-0.05, 0) is 35.9 Å². The number of halogens is 2. The van der Waals surface area contributed by atoms with Gasteiger partial charge in [-0.1, -0.05) is 23.7 Å². The van der Waals surface area contributed by atoms with Crippen molar-refractivity contribution in [3.8, 4) is 22.5 Å². The molecule has 0 unspecified atom stereocenters. The third-order valence-corrected chi connectivity index (χ3v) is 4.31. The van der Waals surface area contributed by atoms with Crippen molar-refractivity contribution in [1.82, 2.24) is 15.0 Å². The zero-order valence-corrected chi connectivity index (χ0v) is 14.6. The second-order valence-electron chi connectivity index (χ2n) is 5.75. The van der Waals surface area contributed by atoms with Crippen molar-refractivity contribution in [2.75, 3.05) is 12.4 Å². The molecule has 26 heavy (non-hydrogen) atoms. The Bertz CT molecular complexity index is 1100. The van der Waals surface area contributed by atoms with E-state index in [-0.39, 0.29) is 5.82 Å². The Balaban J connectivity index is 1.94. The Morgan fingerprint density at radius 2 is 1.85 bits per heavy atom. The highest BCUT2D eigenvalue weighted by molar-refractivity contribution is 6.30. The Kier molecular flexibility index (Phi) is 4.22. The third-order valence-electron chi connectivity index (χ3n) is 4.08. The summed E-state index contributed by atoms with van der Waals surface area (Å²) in [5, 5.41) is 4.36. The molecule has 0 aliphatic carbocycles. The van der Waals surface area contributed by atoms with Crippen molar-refractivity contribution < 1.29 is 4.39 Å².